The van der Waals surface area contributed by atoms with Crippen molar-refractivity contribution in [2.75, 3.05) is 27.9 Å². The number of nitrogens with zero attached hydrogens (tertiary/aromatic N) is 1. The predicted molar refractivity (Wildman–Crippen MR) is 91.0 cm³/mol. The molecule has 0 amide bonds. The number of carboxylic acid groups (broad SMARTS) is 1. The summed E-state index contributed by atoms with van der Waals surface area (Å²) in [6.45, 7) is 1.64. The summed E-state index contributed by atoms with van der Waals surface area (Å²) in [5.41, 5.74) is 0.975. The number of carbonyl (C=O) groups is 1. The number of ether oxygens (including phenoxy) is 3. The zero-order valence-corrected chi connectivity index (χ0v) is 14.7. The normalized spacial score (nSPS) is 18.2. The fraction of sp³-hybridized carbons (Fsp3) is 0.611. The highest BCUT2D eigenvalue weighted by Crippen LogP contribution is 2.36. The van der Waals surface area contributed by atoms with Gasteiger partial charge in [-0.3, -0.25) is 9.69 Å². The van der Waals surface area contributed by atoms with E-state index in [1.54, 1.807) is 21.3 Å². The molecule has 0 unspecified atom stereocenters. The lowest BCUT2D eigenvalue weighted by Crippen LogP contribution is -2.39. The van der Waals surface area contributed by atoms with E-state index in [4.69, 9.17) is 19.3 Å². The summed E-state index contributed by atoms with van der Waals surface area (Å²) in [6, 6.07) is 3.99. The van der Waals surface area contributed by atoms with Gasteiger partial charge in [0.05, 0.1) is 26.9 Å². The van der Waals surface area contributed by atoms with Gasteiger partial charge in [-0.05, 0) is 25.8 Å². The summed E-state index contributed by atoms with van der Waals surface area (Å²) in [6.07, 6.45) is 4.20. The van der Waals surface area contributed by atoms with Gasteiger partial charge < -0.3 is 19.3 Å². The van der Waals surface area contributed by atoms with Crippen molar-refractivity contribution in [3.63, 3.8) is 0 Å². The van der Waals surface area contributed by atoms with Gasteiger partial charge in [-0.15, -0.1) is 0 Å². The van der Waals surface area contributed by atoms with Crippen molar-refractivity contribution in [1.82, 2.24) is 4.90 Å². The number of piperidine rings is 1. The first-order chi connectivity index (χ1) is 11.6. The van der Waals surface area contributed by atoms with E-state index in [-0.39, 0.29) is 12.5 Å². The largest absolute Gasteiger partial charge is 0.496 e. The quantitative estimate of drug-likeness (QED) is 0.787. The molecule has 1 fully saturated rings. The van der Waals surface area contributed by atoms with Crippen LogP contribution in [0.3, 0.4) is 0 Å². The van der Waals surface area contributed by atoms with E-state index in [0.29, 0.717) is 18.7 Å². The number of hydrogen-bond acceptors (Lipinski definition) is 5. The molecule has 1 aliphatic heterocycles. The standard InChI is InChI=1S/C18H27NO5/c1-22-14-10-16(23-2)15(17(11-14)24-3)12-19-9-5-4-6-13(19)7-8-18(20)21/h10-11,13H,4-9,12H2,1-3H3,(H,20,21)/t13-/m0/s1. The molecule has 0 bridgehead atoms. The molecule has 1 saturated heterocycles. The Hall–Kier alpha value is -1.95. The third-order valence-electron chi connectivity index (χ3n) is 4.62. The summed E-state index contributed by atoms with van der Waals surface area (Å²) in [5, 5.41) is 8.97. The first-order valence-electron chi connectivity index (χ1n) is 8.33. The number of rotatable bonds is 8. The average Bonchev–Trinajstić information content (AvgIpc) is 2.60. The maximum absolute atomic E-state index is 10.9. The number of likely N-dealkylation sites (tertiary alicyclic amines) is 1. The van der Waals surface area contributed by atoms with Crippen LogP contribution in [-0.2, 0) is 11.3 Å². The minimum absolute atomic E-state index is 0.206. The molecule has 0 spiro atoms. The molecule has 0 aliphatic carbocycles. The SMILES string of the molecule is COc1cc(OC)c(CN2CCCC[C@H]2CCC(=O)O)c(OC)c1. The zero-order chi connectivity index (χ0) is 17.5. The maximum atomic E-state index is 10.9. The summed E-state index contributed by atoms with van der Waals surface area (Å²) < 4.78 is 16.3. The Labute approximate surface area is 143 Å². The van der Waals surface area contributed by atoms with Gasteiger partial charge in [0.25, 0.3) is 0 Å². The molecule has 1 aromatic carbocycles. The highest BCUT2D eigenvalue weighted by atomic mass is 16.5. The highest BCUT2D eigenvalue weighted by Gasteiger charge is 2.25. The third kappa shape index (κ3) is 4.54. The van der Waals surface area contributed by atoms with E-state index in [2.05, 4.69) is 4.90 Å². The van der Waals surface area contributed by atoms with Crippen molar-refractivity contribution >= 4 is 5.97 Å². The maximum Gasteiger partial charge on any atom is 0.303 e. The predicted octanol–water partition coefficient (Wildman–Crippen LogP) is 2.93. The van der Waals surface area contributed by atoms with Crippen LogP contribution in [0.25, 0.3) is 0 Å². The average molecular weight is 337 g/mol. The number of benzene rings is 1. The minimum Gasteiger partial charge on any atom is -0.496 e. The van der Waals surface area contributed by atoms with E-state index in [1.807, 2.05) is 12.1 Å². The molecule has 1 heterocycles. The van der Waals surface area contributed by atoms with Gasteiger partial charge in [-0.2, -0.15) is 0 Å². The van der Waals surface area contributed by atoms with Crippen LogP contribution in [0, 0.1) is 0 Å². The third-order valence-corrected chi connectivity index (χ3v) is 4.62. The fourth-order valence-electron chi connectivity index (χ4n) is 3.32. The first-order valence-corrected chi connectivity index (χ1v) is 8.33. The Balaban J connectivity index is 2.22. The second-order valence-corrected chi connectivity index (χ2v) is 6.06. The summed E-state index contributed by atoms with van der Waals surface area (Å²) in [5.74, 6) is 1.41. The van der Waals surface area contributed by atoms with Gasteiger partial charge in [-0.1, -0.05) is 6.42 Å². The lowest BCUT2D eigenvalue weighted by atomic mass is 9.97. The van der Waals surface area contributed by atoms with Gasteiger partial charge in [0.15, 0.2) is 0 Å². The van der Waals surface area contributed by atoms with Crippen molar-refractivity contribution in [2.45, 2.75) is 44.7 Å². The van der Waals surface area contributed by atoms with Crippen LogP contribution < -0.4 is 14.2 Å². The Kier molecular flexibility index (Phi) is 6.73. The molecular formula is C18H27NO5. The van der Waals surface area contributed by atoms with Crippen molar-refractivity contribution < 1.29 is 24.1 Å². The second-order valence-electron chi connectivity index (χ2n) is 6.06. The van der Waals surface area contributed by atoms with E-state index < -0.39 is 5.97 Å². The van der Waals surface area contributed by atoms with Crippen LogP contribution in [0.5, 0.6) is 17.2 Å². The molecule has 0 radical (unpaired) electrons. The molecule has 24 heavy (non-hydrogen) atoms. The van der Waals surface area contributed by atoms with Crippen molar-refractivity contribution in [1.29, 1.82) is 0 Å². The molecule has 134 valence electrons. The molecule has 6 nitrogen and oxygen atoms in total. The van der Waals surface area contributed by atoms with Gasteiger partial charge in [0.1, 0.15) is 17.2 Å². The van der Waals surface area contributed by atoms with E-state index >= 15 is 0 Å². The van der Waals surface area contributed by atoms with E-state index in [9.17, 15) is 4.79 Å². The van der Waals surface area contributed by atoms with Gasteiger partial charge in [0, 0.05) is 31.1 Å². The molecule has 0 aromatic heterocycles. The summed E-state index contributed by atoms with van der Waals surface area (Å²) in [4.78, 5) is 13.3. The molecule has 1 N–H and O–H groups in total. The summed E-state index contributed by atoms with van der Waals surface area (Å²) in [7, 11) is 4.88. The zero-order valence-electron chi connectivity index (χ0n) is 14.7. The fourth-order valence-corrected chi connectivity index (χ4v) is 3.32. The van der Waals surface area contributed by atoms with E-state index in [0.717, 1.165) is 42.9 Å². The van der Waals surface area contributed by atoms with Crippen LogP contribution in [0.2, 0.25) is 0 Å². The molecule has 0 saturated carbocycles. The smallest absolute Gasteiger partial charge is 0.303 e. The molecule has 2 rings (SSSR count). The van der Waals surface area contributed by atoms with Gasteiger partial charge in [0.2, 0.25) is 0 Å². The van der Waals surface area contributed by atoms with E-state index in [1.165, 1.54) is 0 Å². The van der Waals surface area contributed by atoms with Crippen molar-refractivity contribution in [3.05, 3.63) is 17.7 Å². The molecule has 1 aliphatic rings. The van der Waals surface area contributed by atoms with Crippen molar-refractivity contribution in [2.24, 2.45) is 0 Å². The Morgan fingerprint density at radius 3 is 2.38 bits per heavy atom. The van der Waals surface area contributed by atoms with Gasteiger partial charge >= 0.3 is 5.97 Å². The minimum atomic E-state index is -0.736. The molecule has 6 heteroatoms. The number of aliphatic carboxylic acids is 1. The van der Waals surface area contributed by atoms with Crippen LogP contribution >= 0.6 is 0 Å². The Morgan fingerprint density at radius 1 is 1.17 bits per heavy atom. The topological polar surface area (TPSA) is 68.2 Å². The highest BCUT2D eigenvalue weighted by molar-refractivity contribution is 5.66. The number of methoxy groups -OCH3 is 3. The van der Waals surface area contributed by atoms with Crippen LogP contribution in [0.4, 0.5) is 0 Å². The molecule has 1 aromatic rings. The lowest BCUT2D eigenvalue weighted by Gasteiger charge is -2.36. The summed E-state index contributed by atoms with van der Waals surface area (Å²) >= 11 is 0. The van der Waals surface area contributed by atoms with Gasteiger partial charge in [-0.25, -0.2) is 0 Å². The molecule has 1 atom stereocenters. The Morgan fingerprint density at radius 2 is 1.83 bits per heavy atom. The lowest BCUT2D eigenvalue weighted by molar-refractivity contribution is -0.137. The number of carboxylic acids is 1. The Bertz CT molecular complexity index is 535. The van der Waals surface area contributed by atoms with Crippen LogP contribution in [-0.4, -0.2) is 49.9 Å². The monoisotopic (exact) mass is 337 g/mol. The van der Waals surface area contributed by atoms with Crippen molar-refractivity contribution in [3.8, 4) is 17.2 Å². The van der Waals surface area contributed by atoms with Crippen LogP contribution in [0.15, 0.2) is 12.1 Å². The second kappa shape index (κ2) is 8.78. The first kappa shape index (κ1) is 18.4. The number of hydrogen-bond donors (Lipinski definition) is 1. The molecular weight excluding hydrogens is 310 g/mol. The van der Waals surface area contributed by atoms with Crippen LogP contribution in [0.1, 0.15) is 37.7 Å².